The second-order valence-corrected chi connectivity index (χ2v) is 4.02. The molecule has 0 bridgehead atoms. The Balaban J connectivity index is 2.13. The first-order valence-corrected chi connectivity index (χ1v) is 6.08. The molecule has 8 heteroatoms. The zero-order valence-electron chi connectivity index (χ0n) is 11.6. The van der Waals surface area contributed by atoms with E-state index >= 15 is 0 Å². The standard InChI is InChI=1S/C13H14N4O4/c1-14-13-7-15-9(6-16-13)8-21-12-4-3-10(20-2)5-11(12)17(18)19/h3-7H,8H2,1-2H3,(H,14,16). The first-order chi connectivity index (χ1) is 10.1. The van der Waals surface area contributed by atoms with E-state index in [4.69, 9.17) is 9.47 Å². The van der Waals surface area contributed by atoms with Gasteiger partial charge in [0.1, 0.15) is 18.2 Å². The highest BCUT2D eigenvalue weighted by molar-refractivity contribution is 5.50. The number of aromatic nitrogens is 2. The number of methoxy groups -OCH3 is 1. The third kappa shape index (κ3) is 3.56. The van der Waals surface area contributed by atoms with E-state index in [-0.39, 0.29) is 18.0 Å². The molecule has 2 aromatic rings. The van der Waals surface area contributed by atoms with Gasteiger partial charge in [-0.15, -0.1) is 0 Å². The minimum atomic E-state index is -0.520. The third-order valence-corrected chi connectivity index (χ3v) is 2.70. The molecule has 0 radical (unpaired) electrons. The second kappa shape index (κ2) is 6.51. The summed E-state index contributed by atoms with van der Waals surface area (Å²) in [5.74, 6) is 1.18. The molecule has 1 heterocycles. The van der Waals surface area contributed by atoms with Crippen LogP contribution in [0.1, 0.15) is 5.69 Å². The van der Waals surface area contributed by atoms with Gasteiger partial charge in [-0.05, 0) is 12.1 Å². The number of hydrogen-bond donors (Lipinski definition) is 1. The number of ether oxygens (including phenoxy) is 2. The minimum absolute atomic E-state index is 0.0875. The molecule has 110 valence electrons. The fraction of sp³-hybridized carbons (Fsp3) is 0.231. The maximum absolute atomic E-state index is 11.0. The highest BCUT2D eigenvalue weighted by Gasteiger charge is 2.16. The van der Waals surface area contributed by atoms with Gasteiger partial charge in [0.05, 0.1) is 36.2 Å². The first-order valence-electron chi connectivity index (χ1n) is 6.08. The summed E-state index contributed by atoms with van der Waals surface area (Å²) in [6.45, 7) is 0.0875. The van der Waals surface area contributed by atoms with Crippen LogP contribution in [0.2, 0.25) is 0 Å². The molecule has 21 heavy (non-hydrogen) atoms. The van der Waals surface area contributed by atoms with Crippen LogP contribution in [0.25, 0.3) is 0 Å². The van der Waals surface area contributed by atoms with Gasteiger partial charge in [-0.3, -0.25) is 15.1 Å². The lowest BCUT2D eigenvalue weighted by atomic mass is 10.3. The lowest BCUT2D eigenvalue weighted by molar-refractivity contribution is -0.386. The average Bonchev–Trinajstić information content (AvgIpc) is 2.53. The molecule has 0 saturated heterocycles. The van der Waals surface area contributed by atoms with Crippen molar-refractivity contribution in [2.75, 3.05) is 19.5 Å². The van der Waals surface area contributed by atoms with Gasteiger partial charge in [-0.25, -0.2) is 4.98 Å². The Morgan fingerprint density at radius 3 is 2.71 bits per heavy atom. The molecule has 0 fully saturated rings. The number of anilines is 1. The average molecular weight is 290 g/mol. The van der Waals surface area contributed by atoms with Crippen molar-refractivity contribution >= 4 is 11.5 Å². The third-order valence-electron chi connectivity index (χ3n) is 2.70. The van der Waals surface area contributed by atoms with Crippen LogP contribution >= 0.6 is 0 Å². The zero-order chi connectivity index (χ0) is 15.2. The van der Waals surface area contributed by atoms with E-state index in [0.29, 0.717) is 17.3 Å². The molecule has 1 aromatic carbocycles. The number of rotatable bonds is 6. The van der Waals surface area contributed by atoms with Crippen molar-refractivity contribution in [2.45, 2.75) is 6.61 Å². The van der Waals surface area contributed by atoms with E-state index in [2.05, 4.69) is 15.3 Å². The fourth-order valence-corrected chi connectivity index (χ4v) is 1.60. The van der Waals surface area contributed by atoms with Crippen molar-refractivity contribution in [3.05, 3.63) is 46.4 Å². The van der Waals surface area contributed by atoms with Gasteiger partial charge < -0.3 is 14.8 Å². The van der Waals surface area contributed by atoms with Crippen LogP contribution in [0.3, 0.4) is 0 Å². The maximum Gasteiger partial charge on any atom is 0.314 e. The Kier molecular flexibility index (Phi) is 4.50. The summed E-state index contributed by atoms with van der Waals surface area (Å²) in [5.41, 5.74) is 0.410. The van der Waals surface area contributed by atoms with E-state index in [1.807, 2.05) is 0 Å². The van der Waals surface area contributed by atoms with Crippen LogP contribution in [0.5, 0.6) is 11.5 Å². The van der Waals surface area contributed by atoms with E-state index in [0.717, 1.165) is 0 Å². The number of nitro groups is 1. The van der Waals surface area contributed by atoms with Gasteiger partial charge in [0.25, 0.3) is 0 Å². The van der Waals surface area contributed by atoms with Crippen molar-refractivity contribution in [3.63, 3.8) is 0 Å². The quantitative estimate of drug-likeness (QED) is 0.641. The molecular formula is C13H14N4O4. The second-order valence-electron chi connectivity index (χ2n) is 4.02. The Labute approximate surface area is 120 Å². The van der Waals surface area contributed by atoms with Crippen molar-refractivity contribution in [3.8, 4) is 11.5 Å². The molecule has 0 atom stereocenters. The van der Waals surface area contributed by atoms with Crippen LogP contribution in [-0.4, -0.2) is 29.0 Å². The van der Waals surface area contributed by atoms with E-state index in [1.165, 1.54) is 19.2 Å². The summed E-state index contributed by atoms with van der Waals surface area (Å²) >= 11 is 0. The Morgan fingerprint density at radius 2 is 2.14 bits per heavy atom. The number of hydrogen-bond acceptors (Lipinski definition) is 7. The van der Waals surface area contributed by atoms with Crippen LogP contribution in [0, 0.1) is 10.1 Å². The van der Waals surface area contributed by atoms with Crippen molar-refractivity contribution in [2.24, 2.45) is 0 Å². The van der Waals surface area contributed by atoms with E-state index in [1.54, 1.807) is 25.5 Å². The van der Waals surface area contributed by atoms with Gasteiger partial charge >= 0.3 is 5.69 Å². The summed E-state index contributed by atoms with van der Waals surface area (Å²) in [4.78, 5) is 18.7. The lowest BCUT2D eigenvalue weighted by Gasteiger charge is -2.08. The summed E-state index contributed by atoms with van der Waals surface area (Å²) in [6.07, 6.45) is 3.10. The zero-order valence-corrected chi connectivity index (χ0v) is 11.6. The molecule has 0 aliphatic carbocycles. The van der Waals surface area contributed by atoms with Gasteiger partial charge in [0.15, 0.2) is 5.75 Å². The SMILES string of the molecule is CNc1cnc(COc2ccc(OC)cc2[N+](=O)[O-])cn1. The van der Waals surface area contributed by atoms with Crippen molar-refractivity contribution in [1.29, 1.82) is 0 Å². The molecule has 0 amide bonds. The molecule has 0 aliphatic heterocycles. The summed E-state index contributed by atoms with van der Waals surface area (Å²) in [7, 11) is 3.18. The minimum Gasteiger partial charge on any atom is -0.496 e. The normalized spacial score (nSPS) is 10.0. The smallest absolute Gasteiger partial charge is 0.314 e. The number of nitrogens with zero attached hydrogens (tertiary/aromatic N) is 3. The maximum atomic E-state index is 11.0. The summed E-state index contributed by atoms with van der Waals surface area (Å²) in [5, 5.41) is 13.9. The van der Waals surface area contributed by atoms with Crippen LogP contribution in [-0.2, 0) is 6.61 Å². The van der Waals surface area contributed by atoms with Gasteiger partial charge in [0.2, 0.25) is 0 Å². The highest BCUT2D eigenvalue weighted by atomic mass is 16.6. The van der Waals surface area contributed by atoms with Gasteiger partial charge in [0, 0.05) is 7.05 Å². The molecule has 2 rings (SSSR count). The van der Waals surface area contributed by atoms with Crippen molar-refractivity contribution < 1.29 is 14.4 Å². The number of nitro benzene ring substituents is 1. The molecule has 0 aliphatic rings. The number of nitrogens with one attached hydrogen (secondary N) is 1. The molecule has 8 nitrogen and oxygen atoms in total. The molecule has 1 N–H and O–H groups in total. The van der Waals surface area contributed by atoms with E-state index < -0.39 is 4.92 Å². The fourth-order valence-electron chi connectivity index (χ4n) is 1.60. The summed E-state index contributed by atoms with van der Waals surface area (Å²) < 4.78 is 10.4. The molecule has 0 spiro atoms. The Hall–Kier alpha value is -2.90. The predicted molar refractivity (Wildman–Crippen MR) is 75.6 cm³/mol. The van der Waals surface area contributed by atoms with Crippen LogP contribution in [0.15, 0.2) is 30.6 Å². The topological polar surface area (TPSA) is 99.4 Å². The lowest BCUT2D eigenvalue weighted by Crippen LogP contribution is -2.03. The predicted octanol–water partition coefficient (Wildman–Crippen LogP) is 2.01. The number of benzene rings is 1. The molecular weight excluding hydrogens is 276 g/mol. The van der Waals surface area contributed by atoms with Crippen LogP contribution < -0.4 is 14.8 Å². The molecule has 1 aromatic heterocycles. The van der Waals surface area contributed by atoms with Gasteiger partial charge in [-0.1, -0.05) is 0 Å². The summed E-state index contributed by atoms with van der Waals surface area (Å²) in [6, 6.07) is 4.40. The highest BCUT2D eigenvalue weighted by Crippen LogP contribution is 2.31. The Bertz CT molecular complexity index is 631. The van der Waals surface area contributed by atoms with E-state index in [9.17, 15) is 10.1 Å². The monoisotopic (exact) mass is 290 g/mol. The molecule has 0 saturated carbocycles. The Morgan fingerprint density at radius 1 is 1.33 bits per heavy atom. The van der Waals surface area contributed by atoms with Crippen molar-refractivity contribution in [1.82, 2.24) is 9.97 Å². The molecule has 0 unspecified atom stereocenters. The largest absolute Gasteiger partial charge is 0.496 e. The van der Waals surface area contributed by atoms with Gasteiger partial charge in [-0.2, -0.15) is 0 Å². The first kappa shape index (κ1) is 14.5. The van der Waals surface area contributed by atoms with Crippen LogP contribution in [0.4, 0.5) is 11.5 Å².